The summed E-state index contributed by atoms with van der Waals surface area (Å²) in [4.78, 5) is 0. The standard InChI is InChI=1S/C8H13F3Si/c1-4-5-12(2,3)6-7(9)8(10)11/h7-8H,6H2,1-3H3. The van der Waals surface area contributed by atoms with Crippen molar-refractivity contribution in [2.24, 2.45) is 0 Å². The minimum absolute atomic E-state index is 0.0779. The molecule has 0 amide bonds. The highest BCUT2D eigenvalue weighted by molar-refractivity contribution is 6.85. The minimum atomic E-state index is -2.87. The van der Waals surface area contributed by atoms with Gasteiger partial charge in [0.15, 0.2) is 6.17 Å². The van der Waals surface area contributed by atoms with E-state index in [0.29, 0.717) is 0 Å². The van der Waals surface area contributed by atoms with Crippen LogP contribution < -0.4 is 0 Å². The summed E-state index contributed by atoms with van der Waals surface area (Å²) in [6, 6.07) is -0.0779. The second-order valence-electron chi connectivity index (χ2n) is 3.31. The molecular weight excluding hydrogens is 181 g/mol. The summed E-state index contributed by atoms with van der Waals surface area (Å²) in [5.74, 6) is 2.65. The Balaban J connectivity index is 4.11. The fraction of sp³-hybridized carbons (Fsp3) is 0.750. The molecular formula is C8H13F3Si. The molecule has 0 nitrogen and oxygen atoms in total. The van der Waals surface area contributed by atoms with E-state index >= 15 is 0 Å². The molecule has 0 N–H and O–H groups in total. The fourth-order valence-corrected chi connectivity index (χ4v) is 2.90. The average molecular weight is 194 g/mol. The first-order valence-corrected chi connectivity index (χ1v) is 6.96. The Morgan fingerprint density at radius 1 is 1.25 bits per heavy atom. The summed E-state index contributed by atoms with van der Waals surface area (Å²) >= 11 is 0. The molecule has 0 aliphatic rings. The van der Waals surface area contributed by atoms with Crippen molar-refractivity contribution in [2.45, 2.75) is 38.7 Å². The zero-order valence-corrected chi connectivity index (χ0v) is 8.50. The maximum Gasteiger partial charge on any atom is 0.269 e. The van der Waals surface area contributed by atoms with Gasteiger partial charge in [-0.3, -0.25) is 0 Å². The molecule has 0 spiro atoms. The minimum Gasteiger partial charge on any atom is -0.241 e. The highest BCUT2D eigenvalue weighted by Crippen LogP contribution is 2.18. The van der Waals surface area contributed by atoms with Crippen LogP contribution in [0.3, 0.4) is 0 Å². The third-order valence-corrected chi connectivity index (χ3v) is 3.78. The molecule has 0 aliphatic heterocycles. The largest absolute Gasteiger partial charge is 0.269 e. The van der Waals surface area contributed by atoms with Crippen LogP contribution in [0.4, 0.5) is 13.2 Å². The van der Waals surface area contributed by atoms with Gasteiger partial charge < -0.3 is 0 Å². The summed E-state index contributed by atoms with van der Waals surface area (Å²) in [7, 11) is -2.05. The van der Waals surface area contributed by atoms with Crippen molar-refractivity contribution in [2.75, 3.05) is 0 Å². The molecule has 0 saturated carbocycles. The van der Waals surface area contributed by atoms with E-state index in [-0.39, 0.29) is 6.04 Å². The van der Waals surface area contributed by atoms with E-state index in [1.165, 1.54) is 0 Å². The van der Waals surface area contributed by atoms with Crippen molar-refractivity contribution in [1.29, 1.82) is 0 Å². The van der Waals surface area contributed by atoms with Crippen molar-refractivity contribution in [1.82, 2.24) is 0 Å². The third-order valence-electron chi connectivity index (χ3n) is 1.44. The van der Waals surface area contributed by atoms with E-state index < -0.39 is 20.7 Å². The van der Waals surface area contributed by atoms with E-state index in [2.05, 4.69) is 11.5 Å². The summed E-state index contributed by atoms with van der Waals surface area (Å²) in [5, 5.41) is 0. The van der Waals surface area contributed by atoms with Crippen molar-refractivity contribution >= 4 is 8.07 Å². The Bertz CT molecular complexity index is 190. The zero-order chi connectivity index (χ0) is 9.78. The Labute approximate surface area is 72.2 Å². The number of hydrogen-bond donors (Lipinski definition) is 0. The molecule has 0 saturated heterocycles. The maximum atomic E-state index is 12.6. The fourth-order valence-electron chi connectivity index (χ4n) is 0.966. The summed E-state index contributed by atoms with van der Waals surface area (Å²) in [6.07, 6.45) is -4.87. The molecule has 0 bridgehead atoms. The van der Waals surface area contributed by atoms with Crippen molar-refractivity contribution < 1.29 is 13.2 Å². The first-order valence-electron chi connectivity index (χ1n) is 3.75. The lowest BCUT2D eigenvalue weighted by Crippen LogP contribution is -2.30. The molecule has 0 heterocycles. The average Bonchev–Trinajstić information content (AvgIpc) is 1.85. The Morgan fingerprint density at radius 3 is 2.08 bits per heavy atom. The molecule has 1 unspecified atom stereocenters. The molecule has 0 aliphatic carbocycles. The quantitative estimate of drug-likeness (QED) is 0.478. The maximum absolute atomic E-state index is 12.6. The van der Waals surface area contributed by atoms with E-state index in [1.54, 1.807) is 20.0 Å². The first kappa shape index (κ1) is 11.6. The lowest BCUT2D eigenvalue weighted by Gasteiger charge is -2.16. The van der Waals surface area contributed by atoms with Gasteiger partial charge in [-0.2, -0.15) is 0 Å². The summed E-state index contributed by atoms with van der Waals surface area (Å²) in [5.41, 5.74) is 2.82. The van der Waals surface area contributed by atoms with Gasteiger partial charge in [0.05, 0.1) is 0 Å². The number of hydrogen-bond acceptors (Lipinski definition) is 0. The molecule has 0 aromatic heterocycles. The predicted octanol–water partition coefficient (Wildman–Crippen LogP) is 2.86. The van der Waals surface area contributed by atoms with Crippen molar-refractivity contribution in [3.63, 3.8) is 0 Å². The third kappa shape index (κ3) is 4.45. The van der Waals surface area contributed by atoms with Gasteiger partial charge >= 0.3 is 0 Å². The summed E-state index contributed by atoms with van der Waals surface area (Å²) in [6.45, 7) is 5.22. The number of alkyl halides is 3. The molecule has 0 rings (SSSR count). The number of halogens is 3. The van der Waals surface area contributed by atoms with E-state index in [0.717, 1.165) is 0 Å². The molecule has 0 aromatic carbocycles. The SMILES string of the molecule is CC#C[Si](C)(C)CC(F)C(F)F. The molecule has 12 heavy (non-hydrogen) atoms. The van der Waals surface area contributed by atoms with Crippen LogP contribution in [0.15, 0.2) is 0 Å². The van der Waals surface area contributed by atoms with Crippen LogP contribution in [-0.4, -0.2) is 20.7 Å². The predicted molar refractivity (Wildman–Crippen MR) is 46.6 cm³/mol. The highest BCUT2D eigenvalue weighted by atomic mass is 28.3. The van der Waals surface area contributed by atoms with E-state index in [1.807, 2.05) is 0 Å². The molecule has 70 valence electrons. The molecule has 4 heteroatoms. The summed E-state index contributed by atoms with van der Waals surface area (Å²) < 4.78 is 36.2. The van der Waals surface area contributed by atoms with Gasteiger partial charge in [-0.05, 0) is 13.0 Å². The lowest BCUT2D eigenvalue weighted by atomic mass is 10.5. The first-order chi connectivity index (χ1) is 5.39. The van der Waals surface area contributed by atoms with E-state index in [4.69, 9.17) is 0 Å². The van der Waals surface area contributed by atoms with Crippen LogP contribution in [0.5, 0.6) is 0 Å². The smallest absolute Gasteiger partial charge is 0.241 e. The van der Waals surface area contributed by atoms with Crippen LogP contribution in [-0.2, 0) is 0 Å². The topological polar surface area (TPSA) is 0 Å². The van der Waals surface area contributed by atoms with Crippen LogP contribution in [0.25, 0.3) is 0 Å². The molecule has 1 atom stereocenters. The highest BCUT2D eigenvalue weighted by Gasteiger charge is 2.29. The lowest BCUT2D eigenvalue weighted by molar-refractivity contribution is 0.0597. The molecule has 0 aromatic rings. The van der Waals surface area contributed by atoms with Crippen LogP contribution >= 0.6 is 0 Å². The molecule has 0 fully saturated rings. The van der Waals surface area contributed by atoms with Gasteiger partial charge in [0.1, 0.15) is 8.07 Å². The van der Waals surface area contributed by atoms with Gasteiger partial charge in [-0.15, -0.1) is 11.5 Å². The van der Waals surface area contributed by atoms with Gasteiger partial charge in [-0.1, -0.05) is 13.1 Å². The zero-order valence-electron chi connectivity index (χ0n) is 7.50. The van der Waals surface area contributed by atoms with E-state index in [9.17, 15) is 13.2 Å². The second-order valence-corrected chi connectivity index (χ2v) is 7.74. The normalized spacial score (nSPS) is 13.9. The Kier molecular flexibility index (Phi) is 4.39. The number of rotatable bonds is 3. The second kappa shape index (κ2) is 4.56. The van der Waals surface area contributed by atoms with Crippen LogP contribution in [0, 0.1) is 11.5 Å². The van der Waals surface area contributed by atoms with Gasteiger partial charge in [0.2, 0.25) is 0 Å². The van der Waals surface area contributed by atoms with Gasteiger partial charge in [0.25, 0.3) is 6.43 Å². The van der Waals surface area contributed by atoms with Crippen molar-refractivity contribution in [3.8, 4) is 11.5 Å². The van der Waals surface area contributed by atoms with Gasteiger partial charge in [-0.25, -0.2) is 13.2 Å². The van der Waals surface area contributed by atoms with Crippen LogP contribution in [0.2, 0.25) is 19.1 Å². The van der Waals surface area contributed by atoms with Crippen LogP contribution in [0.1, 0.15) is 6.92 Å². The monoisotopic (exact) mass is 194 g/mol. The Morgan fingerprint density at radius 2 is 1.75 bits per heavy atom. The Hall–Kier alpha value is -0.433. The van der Waals surface area contributed by atoms with Crippen molar-refractivity contribution in [3.05, 3.63) is 0 Å². The molecule has 0 radical (unpaired) electrons. The van der Waals surface area contributed by atoms with Gasteiger partial charge in [0, 0.05) is 0 Å².